The molecule has 0 atom stereocenters. The number of benzene rings is 2. The van der Waals surface area contributed by atoms with Crippen molar-refractivity contribution in [3.8, 4) is 11.5 Å². The van der Waals surface area contributed by atoms with Gasteiger partial charge in [-0.2, -0.15) is 0 Å². The third-order valence-electron chi connectivity index (χ3n) is 4.90. The van der Waals surface area contributed by atoms with Crippen LogP contribution in [0.4, 0.5) is 5.69 Å². The topological polar surface area (TPSA) is 81.2 Å². The molecule has 7 heteroatoms. The zero-order chi connectivity index (χ0) is 28.5. The van der Waals surface area contributed by atoms with Crippen LogP contribution < -0.4 is 20.1 Å². The number of methoxy groups -OCH3 is 1. The lowest BCUT2D eigenvalue weighted by Crippen LogP contribution is -2.27. The van der Waals surface area contributed by atoms with Crippen molar-refractivity contribution in [3.63, 3.8) is 0 Å². The first-order valence-corrected chi connectivity index (χ1v) is 13.3. The van der Waals surface area contributed by atoms with E-state index in [1.807, 2.05) is 45.0 Å². The van der Waals surface area contributed by atoms with E-state index < -0.39 is 0 Å². The number of rotatable bonds is 10. The Morgan fingerprint density at radius 3 is 1.97 bits per heavy atom. The second-order valence-electron chi connectivity index (χ2n) is 9.77. The summed E-state index contributed by atoms with van der Waals surface area (Å²) in [6, 6.07) is 15.9. The third-order valence-corrected chi connectivity index (χ3v) is 4.90. The number of carbonyl (C=O) groups is 1. The van der Waals surface area contributed by atoms with Gasteiger partial charge in [0.05, 0.1) is 31.9 Å². The number of nitrogens with zero attached hydrogens (tertiary/aromatic N) is 1. The predicted molar refractivity (Wildman–Crippen MR) is 159 cm³/mol. The molecule has 0 fully saturated rings. The van der Waals surface area contributed by atoms with Crippen LogP contribution in [-0.4, -0.2) is 56.7 Å². The minimum Gasteiger partial charge on any atom is -0.494 e. The highest BCUT2D eigenvalue weighted by Crippen LogP contribution is 2.16. The van der Waals surface area contributed by atoms with E-state index in [2.05, 4.69) is 61.1 Å². The quantitative estimate of drug-likeness (QED) is 0.342. The van der Waals surface area contributed by atoms with Gasteiger partial charge in [0.15, 0.2) is 0 Å². The van der Waals surface area contributed by atoms with Crippen molar-refractivity contribution < 1.29 is 19.0 Å². The highest BCUT2D eigenvalue weighted by atomic mass is 16.5. The molecular weight excluding hydrogens is 478 g/mol. The Balaban J connectivity index is 0.000000287. The lowest BCUT2D eigenvalue weighted by atomic mass is 10.2. The molecule has 2 aromatic carbocycles. The van der Waals surface area contributed by atoms with Crippen LogP contribution in [0.3, 0.4) is 0 Å². The van der Waals surface area contributed by atoms with Crippen LogP contribution in [0.1, 0.15) is 65.7 Å². The third kappa shape index (κ3) is 14.4. The largest absolute Gasteiger partial charge is 0.494 e. The monoisotopic (exact) mass is 525 g/mol. The van der Waals surface area contributed by atoms with Crippen molar-refractivity contribution in [1.82, 2.24) is 5.32 Å². The van der Waals surface area contributed by atoms with Gasteiger partial charge in [-0.15, -0.1) is 0 Å². The molecule has 0 amide bonds. The van der Waals surface area contributed by atoms with Gasteiger partial charge in [0, 0.05) is 30.0 Å². The molecule has 0 aromatic heterocycles. The molecule has 1 aliphatic rings. The maximum absolute atomic E-state index is 11.1. The van der Waals surface area contributed by atoms with Crippen LogP contribution in [-0.2, 0) is 4.74 Å². The van der Waals surface area contributed by atoms with Gasteiger partial charge in [0.2, 0.25) is 0 Å². The van der Waals surface area contributed by atoms with Crippen LogP contribution in [0.5, 0.6) is 11.5 Å². The maximum Gasteiger partial charge on any atom is 0.337 e. The normalized spacial score (nSPS) is 12.1. The molecule has 0 saturated heterocycles. The number of esters is 1. The van der Waals surface area contributed by atoms with Crippen LogP contribution in [0.15, 0.2) is 65.2 Å². The van der Waals surface area contributed by atoms with Crippen molar-refractivity contribution in [3.05, 3.63) is 65.7 Å². The lowest BCUT2D eigenvalue weighted by Gasteiger charge is -2.10. The van der Waals surface area contributed by atoms with Crippen molar-refractivity contribution in [2.45, 2.75) is 73.6 Å². The fraction of sp³-hybridized carbons (Fsp3) is 0.484. The van der Waals surface area contributed by atoms with Gasteiger partial charge in [-0.3, -0.25) is 4.99 Å². The van der Waals surface area contributed by atoms with Crippen LogP contribution in [0.25, 0.3) is 0 Å². The fourth-order valence-corrected chi connectivity index (χ4v) is 3.22. The smallest absolute Gasteiger partial charge is 0.337 e. The molecule has 0 radical (unpaired) electrons. The first kappa shape index (κ1) is 32.7. The molecular formula is C31H47N3O4. The molecule has 1 heterocycles. The van der Waals surface area contributed by atoms with Crippen LogP contribution in [0.2, 0.25) is 0 Å². The Labute approximate surface area is 229 Å². The van der Waals surface area contributed by atoms with Crippen molar-refractivity contribution >= 4 is 17.4 Å². The Bertz CT molecular complexity index is 995. The van der Waals surface area contributed by atoms with Crippen molar-refractivity contribution in [1.29, 1.82) is 0 Å². The molecule has 1 aliphatic heterocycles. The van der Waals surface area contributed by atoms with Gasteiger partial charge in [0.1, 0.15) is 11.5 Å². The average Bonchev–Trinajstić information content (AvgIpc) is 3.29. The second kappa shape index (κ2) is 18.0. The number of aliphatic imine (C=N–C) groups is 1. The SMILES string of the molecule is CC1=CC(CNC(C)C)=NC1.CCOc1ccc(NC(C)C)cc1.COC(=O)c1ccc(OC(C)C)cc1. The predicted octanol–water partition coefficient (Wildman–Crippen LogP) is 6.55. The van der Waals surface area contributed by atoms with Gasteiger partial charge in [0.25, 0.3) is 0 Å². The number of hydrogen-bond acceptors (Lipinski definition) is 7. The second-order valence-corrected chi connectivity index (χ2v) is 9.77. The number of hydrogen-bond donors (Lipinski definition) is 2. The summed E-state index contributed by atoms with van der Waals surface area (Å²) in [5, 5.41) is 6.65. The van der Waals surface area contributed by atoms with Crippen molar-refractivity contribution in [2.75, 3.05) is 32.1 Å². The lowest BCUT2D eigenvalue weighted by molar-refractivity contribution is 0.0600. The number of ether oxygens (including phenoxy) is 3. The minimum atomic E-state index is -0.332. The number of anilines is 1. The van der Waals surface area contributed by atoms with Gasteiger partial charge < -0.3 is 24.8 Å². The van der Waals surface area contributed by atoms with E-state index in [1.165, 1.54) is 18.4 Å². The molecule has 0 unspecified atom stereocenters. The van der Waals surface area contributed by atoms with Gasteiger partial charge in [-0.25, -0.2) is 4.79 Å². The van der Waals surface area contributed by atoms with E-state index in [4.69, 9.17) is 9.47 Å². The maximum atomic E-state index is 11.1. The Kier molecular flexibility index (Phi) is 15.5. The van der Waals surface area contributed by atoms with E-state index in [0.29, 0.717) is 17.6 Å². The van der Waals surface area contributed by atoms with E-state index in [9.17, 15) is 4.79 Å². The standard InChI is InChI=1S/C11H17NO.C11H14O3.C9H16N2/c1-4-13-11-7-5-10(6-8-11)12-9(2)3;1-8(2)14-10-6-4-9(5-7-10)11(12)13-3;1-7(2)10-6-9-4-8(3)5-11-9/h5-9,12H,4H2,1-3H3;4-8H,1-3H3;4,7,10H,5-6H2,1-3H3. The molecule has 2 aromatic rings. The zero-order valence-corrected chi connectivity index (χ0v) is 24.6. The summed E-state index contributed by atoms with van der Waals surface area (Å²) < 4.78 is 15.3. The number of carbonyl (C=O) groups excluding carboxylic acids is 1. The summed E-state index contributed by atoms with van der Waals surface area (Å²) in [6.07, 6.45) is 2.30. The molecule has 0 aliphatic carbocycles. The van der Waals surface area contributed by atoms with E-state index in [-0.39, 0.29) is 12.1 Å². The summed E-state index contributed by atoms with van der Waals surface area (Å²) in [7, 11) is 1.36. The van der Waals surface area contributed by atoms with Gasteiger partial charge in [-0.1, -0.05) is 19.4 Å². The first-order chi connectivity index (χ1) is 18.0. The molecule has 2 N–H and O–H groups in total. The molecule has 7 nitrogen and oxygen atoms in total. The Morgan fingerprint density at radius 2 is 1.53 bits per heavy atom. The van der Waals surface area contributed by atoms with Gasteiger partial charge >= 0.3 is 5.97 Å². The zero-order valence-electron chi connectivity index (χ0n) is 24.6. The van der Waals surface area contributed by atoms with E-state index in [1.54, 1.807) is 24.3 Å². The highest BCUT2D eigenvalue weighted by molar-refractivity contribution is 5.98. The summed E-state index contributed by atoms with van der Waals surface area (Å²) in [6.45, 7) is 19.1. The molecule has 38 heavy (non-hydrogen) atoms. The van der Waals surface area contributed by atoms with Gasteiger partial charge in [-0.05, 0) is 96.1 Å². The molecule has 0 bridgehead atoms. The summed E-state index contributed by atoms with van der Waals surface area (Å²) >= 11 is 0. The van der Waals surface area contributed by atoms with E-state index in [0.717, 1.165) is 36.9 Å². The molecule has 0 saturated carbocycles. The molecule has 3 rings (SSSR count). The molecule has 210 valence electrons. The number of nitrogens with one attached hydrogen (secondary N) is 2. The first-order valence-electron chi connectivity index (χ1n) is 13.3. The van der Waals surface area contributed by atoms with Crippen LogP contribution in [0, 0.1) is 0 Å². The minimum absolute atomic E-state index is 0.138. The summed E-state index contributed by atoms with van der Waals surface area (Å²) in [5.74, 6) is 1.35. The average molecular weight is 526 g/mol. The van der Waals surface area contributed by atoms with E-state index >= 15 is 0 Å². The highest BCUT2D eigenvalue weighted by Gasteiger charge is 2.05. The molecule has 0 spiro atoms. The summed E-state index contributed by atoms with van der Waals surface area (Å²) in [5.41, 5.74) is 4.23. The Morgan fingerprint density at radius 1 is 0.921 bits per heavy atom. The summed E-state index contributed by atoms with van der Waals surface area (Å²) in [4.78, 5) is 15.4. The Hall–Kier alpha value is -3.32. The fourth-order valence-electron chi connectivity index (χ4n) is 3.22. The van der Waals surface area contributed by atoms with Crippen molar-refractivity contribution in [2.24, 2.45) is 4.99 Å². The van der Waals surface area contributed by atoms with Crippen LogP contribution >= 0.6 is 0 Å².